The van der Waals surface area contributed by atoms with Crippen LogP contribution >= 0.6 is 0 Å². The van der Waals surface area contributed by atoms with E-state index in [2.05, 4.69) is 0 Å². The number of nitrogens with zero attached hydrogens (tertiary/aromatic N) is 2. The van der Waals surface area contributed by atoms with Crippen molar-refractivity contribution in [1.29, 1.82) is 5.26 Å². The molecule has 106 valence electrons. The second-order valence-corrected chi connectivity index (χ2v) is 3.95. The number of halogens is 1. The Morgan fingerprint density at radius 2 is 2.00 bits per heavy atom. The predicted octanol–water partition coefficient (Wildman–Crippen LogP) is 3.41. The summed E-state index contributed by atoms with van der Waals surface area (Å²) in [5.74, 6) is -0.572. The molecule has 0 aliphatic rings. The first-order valence-corrected chi connectivity index (χ1v) is 5.75. The summed E-state index contributed by atoms with van der Waals surface area (Å²) in [5.41, 5.74) is -0.195. The summed E-state index contributed by atoms with van der Waals surface area (Å²) in [7, 11) is 1.44. The number of nitriles is 1. The predicted molar refractivity (Wildman–Crippen MR) is 70.8 cm³/mol. The Bertz CT molecular complexity index is 740. The van der Waals surface area contributed by atoms with E-state index in [-0.39, 0.29) is 22.7 Å². The lowest BCUT2D eigenvalue weighted by Gasteiger charge is -2.09. The molecule has 0 aliphatic heterocycles. The van der Waals surface area contributed by atoms with Crippen LogP contribution in [0.2, 0.25) is 0 Å². The molecule has 0 saturated carbocycles. The van der Waals surface area contributed by atoms with E-state index >= 15 is 0 Å². The molecule has 7 heteroatoms. The molecule has 0 bridgehead atoms. The van der Waals surface area contributed by atoms with Gasteiger partial charge in [0.05, 0.1) is 23.7 Å². The van der Waals surface area contributed by atoms with Gasteiger partial charge in [0.2, 0.25) is 0 Å². The van der Waals surface area contributed by atoms with Gasteiger partial charge in [0, 0.05) is 12.1 Å². The minimum absolute atomic E-state index is 0.101. The van der Waals surface area contributed by atoms with Gasteiger partial charge in [-0.15, -0.1) is 0 Å². The Morgan fingerprint density at radius 3 is 2.57 bits per heavy atom. The zero-order valence-corrected chi connectivity index (χ0v) is 10.9. The summed E-state index contributed by atoms with van der Waals surface area (Å²) in [6.07, 6.45) is 0. The van der Waals surface area contributed by atoms with E-state index in [4.69, 9.17) is 14.7 Å². The number of benzene rings is 2. The first-order chi connectivity index (χ1) is 10.0. The number of non-ortho nitro benzene ring substituents is 1. The number of nitro benzene ring substituents is 1. The number of methoxy groups -OCH3 is 1. The van der Waals surface area contributed by atoms with Crippen molar-refractivity contribution in [3.05, 3.63) is 57.9 Å². The highest BCUT2D eigenvalue weighted by molar-refractivity contribution is 5.50. The van der Waals surface area contributed by atoms with Crippen LogP contribution in [0.4, 0.5) is 10.1 Å². The van der Waals surface area contributed by atoms with Crippen molar-refractivity contribution in [2.45, 2.75) is 0 Å². The molecule has 0 saturated heterocycles. The third kappa shape index (κ3) is 3.06. The van der Waals surface area contributed by atoms with E-state index < -0.39 is 10.7 Å². The molecule has 2 aromatic rings. The van der Waals surface area contributed by atoms with Gasteiger partial charge in [-0.3, -0.25) is 10.1 Å². The molecule has 6 nitrogen and oxygen atoms in total. The summed E-state index contributed by atoms with van der Waals surface area (Å²) in [6, 6.07) is 9.37. The molecule has 0 aromatic heterocycles. The first kappa shape index (κ1) is 14.3. The monoisotopic (exact) mass is 288 g/mol. The largest absolute Gasteiger partial charge is 0.497 e. The van der Waals surface area contributed by atoms with Crippen molar-refractivity contribution < 1.29 is 18.8 Å². The summed E-state index contributed by atoms with van der Waals surface area (Å²) in [5, 5.41) is 19.5. The Hall–Kier alpha value is -3.14. The van der Waals surface area contributed by atoms with Crippen LogP contribution < -0.4 is 9.47 Å². The molecule has 0 fully saturated rings. The van der Waals surface area contributed by atoms with Gasteiger partial charge in [-0.1, -0.05) is 0 Å². The maximum atomic E-state index is 13.8. The SMILES string of the molecule is COc1ccc(C#N)c(Oc2ccc([N+](=O)[O-])cc2F)c1. The normalized spacial score (nSPS) is 9.76. The Labute approximate surface area is 119 Å². The van der Waals surface area contributed by atoms with Crippen molar-refractivity contribution >= 4 is 5.69 Å². The van der Waals surface area contributed by atoms with E-state index in [0.29, 0.717) is 5.75 Å². The maximum Gasteiger partial charge on any atom is 0.272 e. The molecule has 21 heavy (non-hydrogen) atoms. The second-order valence-electron chi connectivity index (χ2n) is 3.95. The van der Waals surface area contributed by atoms with E-state index in [1.54, 1.807) is 6.07 Å². The van der Waals surface area contributed by atoms with Gasteiger partial charge >= 0.3 is 0 Å². The third-order valence-electron chi connectivity index (χ3n) is 2.66. The fourth-order valence-corrected chi connectivity index (χ4v) is 1.61. The van der Waals surface area contributed by atoms with E-state index in [9.17, 15) is 14.5 Å². The highest BCUT2D eigenvalue weighted by Gasteiger charge is 2.14. The van der Waals surface area contributed by atoms with E-state index in [1.807, 2.05) is 6.07 Å². The lowest BCUT2D eigenvalue weighted by molar-refractivity contribution is -0.385. The van der Waals surface area contributed by atoms with Gasteiger partial charge < -0.3 is 9.47 Å². The highest BCUT2D eigenvalue weighted by Crippen LogP contribution is 2.31. The average Bonchev–Trinajstić information content (AvgIpc) is 2.49. The van der Waals surface area contributed by atoms with Gasteiger partial charge in [-0.2, -0.15) is 5.26 Å². The molecule has 0 radical (unpaired) electrons. The average molecular weight is 288 g/mol. The lowest BCUT2D eigenvalue weighted by atomic mass is 10.2. The molecule has 0 spiro atoms. The molecule has 0 aliphatic carbocycles. The molecule has 0 heterocycles. The summed E-state index contributed by atoms with van der Waals surface area (Å²) >= 11 is 0. The van der Waals surface area contributed by atoms with Gasteiger partial charge in [0.25, 0.3) is 5.69 Å². The standard InChI is InChI=1S/C14H9FN2O4/c1-20-11-4-2-9(8-16)14(7-11)21-13-5-3-10(17(18)19)6-12(13)15/h2-7H,1H3. The summed E-state index contributed by atoms with van der Waals surface area (Å²) in [6.45, 7) is 0. The third-order valence-corrected chi connectivity index (χ3v) is 2.66. The number of hydrogen-bond acceptors (Lipinski definition) is 5. The quantitative estimate of drug-likeness (QED) is 0.635. The van der Waals surface area contributed by atoms with Gasteiger partial charge in [0.1, 0.15) is 17.6 Å². The molecular weight excluding hydrogens is 279 g/mol. The minimum Gasteiger partial charge on any atom is -0.497 e. The van der Waals surface area contributed by atoms with Crippen molar-refractivity contribution in [3.63, 3.8) is 0 Å². The number of rotatable bonds is 4. The van der Waals surface area contributed by atoms with Crippen LogP contribution in [0.1, 0.15) is 5.56 Å². The zero-order chi connectivity index (χ0) is 15.4. The fourth-order valence-electron chi connectivity index (χ4n) is 1.61. The Morgan fingerprint density at radius 1 is 1.24 bits per heavy atom. The molecule has 2 aromatic carbocycles. The first-order valence-electron chi connectivity index (χ1n) is 5.75. The van der Waals surface area contributed by atoms with Crippen LogP contribution in [0.3, 0.4) is 0 Å². The van der Waals surface area contributed by atoms with Crippen LogP contribution in [-0.2, 0) is 0 Å². The van der Waals surface area contributed by atoms with Gasteiger partial charge in [0.15, 0.2) is 11.6 Å². The van der Waals surface area contributed by atoms with Crippen molar-refractivity contribution in [3.8, 4) is 23.3 Å². The second kappa shape index (κ2) is 5.88. The minimum atomic E-state index is -0.893. The summed E-state index contributed by atoms with van der Waals surface area (Å²) in [4.78, 5) is 9.84. The number of hydrogen-bond donors (Lipinski definition) is 0. The maximum absolute atomic E-state index is 13.8. The Kier molecular flexibility index (Phi) is 4.00. The molecule has 0 unspecified atom stereocenters. The zero-order valence-electron chi connectivity index (χ0n) is 10.9. The Balaban J connectivity index is 2.38. The van der Waals surface area contributed by atoms with Gasteiger partial charge in [-0.25, -0.2) is 4.39 Å². The number of nitro groups is 1. The van der Waals surface area contributed by atoms with Crippen molar-refractivity contribution in [1.82, 2.24) is 0 Å². The van der Waals surface area contributed by atoms with E-state index in [1.165, 1.54) is 19.2 Å². The molecule has 2 rings (SSSR count). The van der Waals surface area contributed by atoms with E-state index in [0.717, 1.165) is 18.2 Å². The summed E-state index contributed by atoms with van der Waals surface area (Å²) < 4.78 is 24.1. The van der Waals surface area contributed by atoms with Gasteiger partial charge in [-0.05, 0) is 18.2 Å². The topological polar surface area (TPSA) is 85.4 Å². The molecule has 0 amide bonds. The molecular formula is C14H9FN2O4. The van der Waals surface area contributed by atoms with Crippen molar-refractivity contribution in [2.75, 3.05) is 7.11 Å². The van der Waals surface area contributed by atoms with Crippen LogP contribution in [0, 0.1) is 27.3 Å². The molecule has 0 N–H and O–H groups in total. The fraction of sp³-hybridized carbons (Fsp3) is 0.0714. The van der Waals surface area contributed by atoms with Crippen LogP contribution in [0.25, 0.3) is 0 Å². The smallest absolute Gasteiger partial charge is 0.272 e. The lowest BCUT2D eigenvalue weighted by Crippen LogP contribution is -1.94. The van der Waals surface area contributed by atoms with Crippen LogP contribution in [-0.4, -0.2) is 12.0 Å². The van der Waals surface area contributed by atoms with Crippen molar-refractivity contribution in [2.24, 2.45) is 0 Å². The molecule has 0 atom stereocenters. The highest BCUT2D eigenvalue weighted by atomic mass is 19.1. The van der Waals surface area contributed by atoms with Crippen LogP contribution in [0.15, 0.2) is 36.4 Å². The van der Waals surface area contributed by atoms with Crippen LogP contribution in [0.5, 0.6) is 17.2 Å². The number of ether oxygens (including phenoxy) is 2.